The predicted molar refractivity (Wildman–Crippen MR) is 146 cm³/mol. The molecule has 3 heteroatoms. The third-order valence-corrected chi connectivity index (χ3v) is 7.18. The fraction of sp³-hybridized carbons (Fsp3) is 0.774. The average Bonchev–Trinajstić information content (AvgIpc) is 2.78. The van der Waals surface area contributed by atoms with Crippen LogP contribution in [0.1, 0.15) is 148 Å². The van der Waals surface area contributed by atoms with Crippen molar-refractivity contribution >= 4 is 5.97 Å². The van der Waals surface area contributed by atoms with Gasteiger partial charge in [0.25, 0.3) is 0 Å². The number of phenols is 1. The van der Waals surface area contributed by atoms with Crippen LogP contribution in [-0.2, 0) is 23.1 Å². The van der Waals surface area contributed by atoms with Gasteiger partial charge in [-0.1, -0.05) is 137 Å². The van der Waals surface area contributed by atoms with Crippen LogP contribution in [0.4, 0.5) is 0 Å². The molecule has 0 radical (unpaired) electrons. The van der Waals surface area contributed by atoms with E-state index in [-0.39, 0.29) is 11.3 Å². The first-order valence-corrected chi connectivity index (χ1v) is 14.3. The normalized spacial score (nSPS) is 12.7. The lowest BCUT2D eigenvalue weighted by atomic mass is 9.82. The number of hydrogen-bond donors (Lipinski definition) is 2. The van der Waals surface area contributed by atoms with E-state index in [9.17, 15) is 15.0 Å². The molecule has 1 aromatic rings. The monoisotopic (exact) mass is 474 g/mol. The Morgan fingerprint density at radius 2 is 1.26 bits per heavy atom. The van der Waals surface area contributed by atoms with Crippen LogP contribution in [-0.4, -0.2) is 16.2 Å². The van der Waals surface area contributed by atoms with Gasteiger partial charge in [-0.15, -0.1) is 0 Å². The molecule has 1 aromatic carbocycles. The third-order valence-electron chi connectivity index (χ3n) is 7.18. The highest BCUT2D eigenvalue weighted by molar-refractivity contribution is 5.70. The zero-order valence-corrected chi connectivity index (χ0v) is 23.1. The standard InChI is InChI=1S/C31H54O3/c1-6-8-9-10-11-12-13-14-15-16-17-18-19-20-21-27(30(33)34)23-25-22-26(7-2)29(32)28(24-25)31(3,4)5/h22,24,27,32H,6-21,23H2,1-5H3,(H,33,34). The van der Waals surface area contributed by atoms with Crippen molar-refractivity contribution in [1.29, 1.82) is 0 Å². The number of benzene rings is 1. The molecule has 2 N–H and O–H groups in total. The maximum atomic E-state index is 11.9. The fourth-order valence-electron chi connectivity index (χ4n) is 4.90. The molecule has 34 heavy (non-hydrogen) atoms. The lowest BCUT2D eigenvalue weighted by Crippen LogP contribution is -2.18. The second-order valence-corrected chi connectivity index (χ2v) is 11.4. The number of rotatable bonds is 19. The molecular formula is C31H54O3. The molecule has 1 unspecified atom stereocenters. The number of carboxylic acid groups (broad SMARTS) is 1. The molecule has 1 rings (SSSR count). The smallest absolute Gasteiger partial charge is 0.306 e. The van der Waals surface area contributed by atoms with Crippen LogP contribution in [0, 0.1) is 5.92 Å². The van der Waals surface area contributed by atoms with E-state index in [4.69, 9.17) is 0 Å². The van der Waals surface area contributed by atoms with Gasteiger partial charge in [0, 0.05) is 0 Å². The summed E-state index contributed by atoms with van der Waals surface area (Å²) in [6.07, 6.45) is 20.4. The average molecular weight is 475 g/mol. The summed E-state index contributed by atoms with van der Waals surface area (Å²) in [6.45, 7) is 10.6. The molecule has 0 bridgehead atoms. The predicted octanol–water partition coefficient (Wildman–Crippen LogP) is 9.37. The maximum absolute atomic E-state index is 11.9. The van der Waals surface area contributed by atoms with Crippen molar-refractivity contribution in [2.45, 2.75) is 149 Å². The molecule has 0 heterocycles. The van der Waals surface area contributed by atoms with E-state index in [0.717, 1.165) is 42.4 Å². The number of unbranched alkanes of at least 4 members (excludes halogenated alkanes) is 13. The summed E-state index contributed by atoms with van der Waals surface area (Å²) in [5, 5.41) is 20.4. The molecule has 0 spiro atoms. The summed E-state index contributed by atoms with van der Waals surface area (Å²) in [5.41, 5.74) is 2.71. The van der Waals surface area contributed by atoms with E-state index in [1.165, 1.54) is 77.0 Å². The van der Waals surface area contributed by atoms with Crippen LogP contribution in [0.2, 0.25) is 0 Å². The number of carboxylic acids is 1. The number of aromatic hydroxyl groups is 1. The topological polar surface area (TPSA) is 57.5 Å². The molecule has 0 fully saturated rings. The molecule has 196 valence electrons. The largest absolute Gasteiger partial charge is 0.507 e. The third kappa shape index (κ3) is 12.3. The van der Waals surface area contributed by atoms with E-state index in [1.807, 2.05) is 19.1 Å². The highest BCUT2D eigenvalue weighted by atomic mass is 16.4. The lowest BCUT2D eigenvalue weighted by molar-refractivity contribution is -0.142. The Hall–Kier alpha value is -1.51. The highest BCUT2D eigenvalue weighted by Gasteiger charge is 2.23. The maximum Gasteiger partial charge on any atom is 0.306 e. The van der Waals surface area contributed by atoms with Gasteiger partial charge in [-0.05, 0) is 41.4 Å². The van der Waals surface area contributed by atoms with Crippen molar-refractivity contribution in [3.63, 3.8) is 0 Å². The summed E-state index contributed by atoms with van der Waals surface area (Å²) in [7, 11) is 0. The highest BCUT2D eigenvalue weighted by Crippen LogP contribution is 2.35. The second-order valence-electron chi connectivity index (χ2n) is 11.4. The summed E-state index contributed by atoms with van der Waals surface area (Å²) in [4.78, 5) is 11.9. The van der Waals surface area contributed by atoms with Crippen LogP contribution in [0.3, 0.4) is 0 Å². The van der Waals surface area contributed by atoms with Crippen LogP contribution in [0.25, 0.3) is 0 Å². The Kier molecular flexibility index (Phi) is 15.3. The first-order chi connectivity index (χ1) is 16.2. The minimum absolute atomic E-state index is 0.169. The van der Waals surface area contributed by atoms with E-state index in [1.54, 1.807) is 0 Å². The van der Waals surface area contributed by atoms with Gasteiger partial charge in [0.05, 0.1) is 5.92 Å². The van der Waals surface area contributed by atoms with Gasteiger partial charge in [-0.2, -0.15) is 0 Å². The Morgan fingerprint density at radius 3 is 1.68 bits per heavy atom. The van der Waals surface area contributed by atoms with E-state index < -0.39 is 5.97 Å². The zero-order chi connectivity index (χ0) is 25.4. The molecule has 0 aromatic heterocycles. The molecule has 0 saturated carbocycles. The van der Waals surface area contributed by atoms with Crippen molar-refractivity contribution in [2.75, 3.05) is 0 Å². The van der Waals surface area contributed by atoms with Crippen LogP contribution in [0.15, 0.2) is 12.1 Å². The van der Waals surface area contributed by atoms with Crippen molar-refractivity contribution in [1.82, 2.24) is 0 Å². The van der Waals surface area contributed by atoms with Crippen molar-refractivity contribution in [2.24, 2.45) is 5.92 Å². The molecule has 1 atom stereocenters. The summed E-state index contributed by atoms with van der Waals surface area (Å²) in [5.74, 6) is -0.671. The molecule has 0 saturated heterocycles. The van der Waals surface area contributed by atoms with Gasteiger partial charge in [0.2, 0.25) is 0 Å². The lowest BCUT2D eigenvalue weighted by Gasteiger charge is -2.24. The van der Waals surface area contributed by atoms with Crippen molar-refractivity contribution in [3.05, 3.63) is 28.8 Å². The first-order valence-electron chi connectivity index (χ1n) is 14.3. The van der Waals surface area contributed by atoms with Crippen LogP contribution >= 0.6 is 0 Å². The Labute approximate surface area is 210 Å². The van der Waals surface area contributed by atoms with Gasteiger partial charge in [-0.3, -0.25) is 4.79 Å². The first kappa shape index (κ1) is 30.5. The Balaban J connectivity index is 2.32. The minimum atomic E-state index is -0.696. The van der Waals surface area contributed by atoms with Gasteiger partial charge in [-0.25, -0.2) is 0 Å². The van der Waals surface area contributed by atoms with Gasteiger partial charge >= 0.3 is 5.97 Å². The van der Waals surface area contributed by atoms with E-state index >= 15 is 0 Å². The second kappa shape index (κ2) is 17.0. The molecule has 0 aliphatic heterocycles. The van der Waals surface area contributed by atoms with Crippen LogP contribution < -0.4 is 0 Å². The van der Waals surface area contributed by atoms with Crippen molar-refractivity contribution < 1.29 is 15.0 Å². The summed E-state index contributed by atoms with van der Waals surface area (Å²) < 4.78 is 0. The number of hydrogen-bond acceptors (Lipinski definition) is 2. The number of phenolic OH excluding ortho intramolecular Hbond substituents is 1. The van der Waals surface area contributed by atoms with Crippen molar-refractivity contribution in [3.8, 4) is 5.75 Å². The molecule has 0 aliphatic carbocycles. The van der Waals surface area contributed by atoms with E-state index in [2.05, 4.69) is 27.7 Å². The quantitative estimate of drug-likeness (QED) is 0.196. The van der Waals surface area contributed by atoms with Gasteiger partial charge < -0.3 is 10.2 Å². The van der Waals surface area contributed by atoms with E-state index in [0.29, 0.717) is 12.2 Å². The van der Waals surface area contributed by atoms with Crippen LogP contribution in [0.5, 0.6) is 5.75 Å². The molecular weight excluding hydrogens is 420 g/mol. The molecule has 3 nitrogen and oxygen atoms in total. The number of aryl methyl sites for hydroxylation is 1. The summed E-state index contributed by atoms with van der Waals surface area (Å²) in [6, 6.07) is 4.03. The molecule has 0 amide bonds. The Morgan fingerprint density at radius 1 is 0.794 bits per heavy atom. The minimum Gasteiger partial charge on any atom is -0.507 e. The SMILES string of the molecule is CCCCCCCCCCCCCCCCC(Cc1cc(CC)c(O)c(C(C)(C)C)c1)C(=O)O. The summed E-state index contributed by atoms with van der Waals surface area (Å²) >= 11 is 0. The fourth-order valence-corrected chi connectivity index (χ4v) is 4.90. The zero-order valence-electron chi connectivity index (χ0n) is 23.1. The number of carbonyl (C=O) groups is 1. The number of aliphatic carboxylic acids is 1. The van der Waals surface area contributed by atoms with Gasteiger partial charge in [0.1, 0.15) is 5.75 Å². The molecule has 0 aliphatic rings. The Bertz CT molecular complexity index is 687. The van der Waals surface area contributed by atoms with Gasteiger partial charge in [0.15, 0.2) is 0 Å².